The van der Waals surface area contributed by atoms with Crippen molar-refractivity contribution in [2.45, 2.75) is 38.0 Å². The minimum Gasteiger partial charge on any atom is -0.486 e. The van der Waals surface area contributed by atoms with Gasteiger partial charge in [-0.05, 0) is 44.0 Å². The normalized spacial score (nSPS) is 18.8. The van der Waals surface area contributed by atoms with Gasteiger partial charge in [0.2, 0.25) is 10.0 Å². The Morgan fingerprint density at radius 2 is 1.97 bits per heavy atom. The number of aromatic nitrogens is 6. The van der Waals surface area contributed by atoms with Gasteiger partial charge < -0.3 is 4.74 Å². The third-order valence-electron chi connectivity index (χ3n) is 7.19. The quantitative estimate of drug-likeness (QED) is 0.345. The third kappa shape index (κ3) is 4.34. The molecule has 1 fully saturated rings. The first-order valence-corrected chi connectivity index (χ1v) is 13.9. The minimum atomic E-state index is -3.19. The van der Waals surface area contributed by atoms with Crippen LogP contribution < -0.4 is 4.74 Å². The van der Waals surface area contributed by atoms with Crippen LogP contribution in [0.3, 0.4) is 0 Å². The van der Waals surface area contributed by atoms with Crippen LogP contribution in [0.5, 0.6) is 5.75 Å². The standard InChI is InChI=1S/C26H27N7O3S/c1-16(21-5-4-6-24-26(21)28-10-9-27-24)36-20-7-8-23-22(13-20)25(31-30-23)17-14-29-33(15-17)19-11-18(12-19)32(2)37(3,34)35/h4-10,13-16,18-19H,11-12H2,1-3H3,(H,30,31). The Labute approximate surface area is 214 Å². The second kappa shape index (κ2) is 8.93. The lowest BCUT2D eigenvalue weighted by Crippen LogP contribution is -2.45. The van der Waals surface area contributed by atoms with Crippen molar-refractivity contribution >= 4 is 32.0 Å². The van der Waals surface area contributed by atoms with E-state index in [2.05, 4.69) is 25.3 Å². The van der Waals surface area contributed by atoms with E-state index in [0.717, 1.165) is 57.3 Å². The van der Waals surface area contributed by atoms with E-state index in [9.17, 15) is 8.42 Å². The molecular weight excluding hydrogens is 490 g/mol. The number of ether oxygens (including phenoxy) is 1. The monoisotopic (exact) mass is 517 g/mol. The molecule has 0 saturated heterocycles. The van der Waals surface area contributed by atoms with E-state index >= 15 is 0 Å². The van der Waals surface area contributed by atoms with Crippen molar-refractivity contribution in [2.24, 2.45) is 0 Å². The molecule has 0 aliphatic heterocycles. The molecule has 0 bridgehead atoms. The van der Waals surface area contributed by atoms with E-state index in [1.807, 2.05) is 54.2 Å². The third-order valence-corrected chi connectivity index (χ3v) is 8.53. The molecule has 11 heteroatoms. The fourth-order valence-electron chi connectivity index (χ4n) is 4.90. The second-order valence-electron chi connectivity index (χ2n) is 9.58. The van der Waals surface area contributed by atoms with Crippen molar-refractivity contribution in [3.63, 3.8) is 0 Å². The topological polar surface area (TPSA) is 119 Å². The zero-order valence-corrected chi connectivity index (χ0v) is 21.6. The van der Waals surface area contributed by atoms with E-state index in [0.29, 0.717) is 0 Å². The van der Waals surface area contributed by atoms with Gasteiger partial charge in [0.05, 0.1) is 35.0 Å². The van der Waals surface area contributed by atoms with E-state index < -0.39 is 10.0 Å². The van der Waals surface area contributed by atoms with E-state index in [1.54, 1.807) is 25.6 Å². The average Bonchev–Trinajstić information content (AvgIpc) is 3.49. The molecule has 6 rings (SSSR count). The maximum Gasteiger partial charge on any atom is 0.211 e. The molecule has 10 nitrogen and oxygen atoms in total. The highest BCUT2D eigenvalue weighted by atomic mass is 32.2. The van der Waals surface area contributed by atoms with E-state index in [4.69, 9.17) is 4.74 Å². The molecule has 2 aromatic carbocycles. The van der Waals surface area contributed by atoms with Crippen LogP contribution in [0.2, 0.25) is 0 Å². The van der Waals surface area contributed by atoms with Gasteiger partial charge in [-0.1, -0.05) is 12.1 Å². The highest BCUT2D eigenvalue weighted by Gasteiger charge is 2.37. The van der Waals surface area contributed by atoms with Crippen LogP contribution in [0.4, 0.5) is 0 Å². The van der Waals surface area contributed by atoms with Gasteiger partial charge in [-0.3, -0.25) is 19.7 Å². The Balaban J connectivity index is 1.22. The lowest BCUT2D eigenvalue weighted by molar-refractivity contribution is 0.159. The highest BCUT2D eigenvalue weighted by molar-refractivity contribution is 7.88. The van der Waals surface area contributed by atoms with Gasteiger partial charge in [-0.2, -0.15) is 10.2 Å². The number of aromatic amines is 1. The number of para-hydroxylation sites is 1. The van der Waals surface area contributed by atoms with Crippen LogP contribution in [0.25, 0.3) is 33.2 Å². The molecular formula is C26H27N7O3S. The van der Waals surface area contributed by atoms with Crippen LogP contribution in [0.15, 0.2) is 61.2 Å². The summed E-state index contributed by atoms with van der Waals surface area (Å²) >= 11 is 0. The minimum absolute atomic E-state index is 0.00766. The summed E-state index contributed by atoms with van der Waals surface area (Å²) in [6, 6.07) is 12.0. The molecule has 1 aliphatic rings. The summed E-state index contributed by atoms with van der Waals surface area (Å²) in [7, 11) is -1.56. The van der Waals surface area contributed by atoms with Gasteiger partial charge in [-0.15, -0.1) is 0 Å². The molecule has 1 unspecified atom stereocenters. The van der Waals surface area contributed by atoms with Gasteiger partial charge >= 0.3 is 0 Å². The number of sulfonamides is 1. The van der Waals surface area contributed by atoms with Crippen molar-refractivity contribution in [2.75, 3.05) is 13.3 Å². The summed E-state index contributed by atoms with van der Waals surface area (Å²) in [4.78, 5) is 8.89. The number of H-pyrrole nitrogens is 1. The zero-order chi connectivity index (χ0) is 25.7. The fraction of sp³-hybridized carbons (Fsp3) is 0.308. The summed E-state index contributed by atoms with van der Waals surface area (Å²) < 4.78 is 33.3. The SMILES string of the molecule is CC(Oc1ccc2[nH]nc(-c3cnn(C4CC(N(C)S(C)(=O)=O)C4)c3)c2c1)c1cccc2nccnc12. The first-order valence-electron chi connectivity index (χ1n) is 12.1. The van der Waals surface area contributed by atoms with Crippen LogP contribution in [-0.4, -0.2) is 62.0 Å². The Kier molecular flexibility index (Phi) is 5.68. The van der Waals surface area contributed by atoms with Crippen LogP contribution in [-0.2, 0) is 10.0 Å². The molecule has 3 heterocycles. The molecule has 1 aliphatic carbocycles. The molecule has 1 N–H and O–H groups in total. The summed E-state index contributed by atoms with van der Waals surface area (Å²) in [5.41, 5.74) is 5.22. The molecule has 0 radical (unpaired) electrons. The summed E-state index contributed by atoms with van der Waals surface area (Å²) in [5, 5.41) is 13.1. The predicted octanol–water partition coefficient (Wildman–Crippen LogP) is 4.10. The number of hydrogen-bond donors (Lipinski definition) is 1. The lowest BCUT2D eigenvalue weighted by Gasteiger charge is -2.39. The fourth-order valence-corrected chi connectivity index (χ4v) is 5.61. The molecule has 3 aromatic heterocycles. The summed E-state index contributed by atoms with van der Waals surface area (Å²) in [6.07, 6.45) is 9.63. The Morgan fingerprint density at radius 1 is 1.16 bits per heavy atom. The number of rotatable bonds is 7. The second-order valence-corrected chi connectivity index (χ2v) is 11.6. The maximum absolute atomic E-state index is 11.8. The van der Waals surface area contributed by atoms with Crippen molar-refractivity contribution in [3.8, 4) is 17.0 Å². The van der Waals surface area contributed by atoms with E-state index in [1.165, 1.54) is 10.6 Å². The first-order chi connectivity index (χ1) is 17.8. The number of hydrogen-bond acceptors (Lipinski definition) is 7. The van der Waals surface area contributed by atoms with Crippen LogP contribution in [0, 0.1) is 0 Å². The number of nitrogens with zero attached hydrogens (tertiary/aromatic N) is 6. The molecule has 0 spiro atoms. The number of nitrogens with one attached hydrogen (secondary N) is 1. The van der Waals surface area contributed by atoms with Crippen molar-refractivity contribution < 1.29 is 13.2 Å². The van der Waals surface area contributed by atoms with Gasteiger partial charge in [0.1, 0.15) is 17.5 Å². The van der Waals surface area contributed by atoms with Crippen LogP contribution >= 0.6 is 0 Å². The van der Waals surface area contributed by atoms with Gasteiger partial charge in [-0.25, -0.2) is 12.7 Å². The Hall–Kier alpha value is -3.83. The Bertz CT molecular complexity index is 1700. The molecule has 37 heavy (non-hydrogen) atoms. The predicted molar refractivity (Wildman–Crippen MR) is 141 cm³/mol. The van der Waals surface area contributed by atoms with Crippen molar-refractivity contribution in [1.82, 2.24) is 34.3 Å². The van der Waals surface area contributed by atoms with Gasteiger partial charge in [0.25, 0.3) is 0 Å². The Morgan fingerprint density at radius 3 is 2.78 bits per heavy atom. The highest BCUT2D eigenvalue weighted by Crippen LogP contribution is 2.37. The largest absolute Gasteiger partial charge is 0.486 e. The molecule has 5 aromatic rings. The van der Waals surface area contributed by atoms with Crippen LogP contribution in [0.1, 0.15) is 37.5 Å². The summed E-state index contributed by atoms with van der Waals surface area (Å²) in [5.74, 6) is 0.724. The van der Waals surface area contributed by atoms with Gasteiger partial charge in [0.15, 0.2) is 0 Å². The number of benzene rings is 2. The van der Waals surface area contributed by atoms with Gasteiger partial charge in [0, 0.05) is 48.2 Å². The number of fused-ring (bicyclic) bond motifs is 2. The average molecular weight is 518 g/mol. The van der Waals surface area contributed by atoms with Crippen molar-refractivity contribution in [1.29, 1.82) is 0 Å². The molecule has 1 atom stereocenters. The molecule has 1 saturated carbocycles. The lowest BCUT2D eigenvalue weighted by atomic mass is 9.87. The summed E-state index contributed by atoms with van der Waals surface area (Å²) in [6.45, 7) is 2.00. The maximum atomic E-state index is 11.8. The van der Waals surface area contributed by atoms with E-state index in [-0.39, 0.29) is 18.2 Å². The van der Waals surface area contributed by atoms with Crippen molar-refractivity contribution in [3.05, 3.63) is 66.7 Å². The molecule has 0 amide bonds. The first kappa shape index (κ1) is 23.6. The zero-order valence-electron chi connectivity index (χ0n) is 20.7. The smallest absolute Gasteiger partial charge is 0.211 e. The molecule has 190 valence electrons.